The average molecular weight is 262 g/mol. The standard InChI is InChI=1S/C12H26N2O2S/c1-5-12(6-2,8-13)11(16)14-9(3)10(7-15)17-4/h9-10,15H,5-8,13H2,1-4H3,(H,14,16). The minimum atomic E-state index is -0.466. The van der Waals surface area contributed by atoms with E-state index in [0.29, 0.717) is 6.54 Å². The fraction of sp³-hybridized carbons (Fsp3) is 0.917. The Balaban J connectivity index is 4.61. The third-order valence-corrected chi connectivity index (χ3v) is 4.79. The summed E-state index contributed by atoms with van der Waals surface area (Å²) in [6.45, 7) is 6.32. The summed E-state index contributed by atoms with van der Waals surface area (Å²) in [5.74, 6) is 0.00463. The Morgan fingerprint density at radius 2 is 2.00 bits per heavy atom. The number of nitrogens with one attached hydrogen (secondary N) is 1. The van der Waals surface area contributed by atoms with Crippen LogP contribution in [0.5, 0.6) is 0 Å². The predicted molar refractivity (Wildman–Crippen MR) is 74.1 cm³/mol. The van der Waals surface area contributed by atoms with E-state index in [1.165, 1.54) is 0 Å². The maximum absolute atomic E-state index is 12.2. The van der Waals surface area contributed by atoms with Gasteiger partial charge in [-0.15, -0.1) is 0 Å². The highest BCUT2D eigenvalue weighted by Gasteiger charge is 2.34. The molecule has 17 heavy (non-hydrogen) atoms. The minimum absolute atomic E-state index is 0.00463. The van der Waals surface area contributed by atoms with Gasteiger partial charge in [-0.3, -0.25) is 4.79 Å². The first kappa shape index (κ1) is 16.7. The summed E-state index contributed by atoms with van der Waals surface area (Å²) in [6.07, 6.45) is 3.41. The van der Waals surface area contributed by atoms with Crippen LogP contribution in [-0.4, -0.2) is 41.7 Å². The average Bonchev–Trinajstić information content (AvgIpc) is 2.33. The van der Waals surface area contributed by atoms with Crippen molar-refractivity contribution >= 4 is 17.7 Å². The molecule has 0 aliphatic heterocycles. The molecule has 0 aliphatic carbocycles. The Morgan fingerprint density at radius 1 is 1.47 bits per heavy atom. The topological polar surface area (TPSA) is 75.4 Å². The van der Waals surface area contributed by atoms with Crippen LogP contribution >= 0.6 is 11.8 Å². The Morgan fingerprint density at radius 3 is 2.29 bits per heavy atom. The van der Waals surface area contributed by atoms with Gasteiger partial charge in [-0.1, -0.05) is 13.8 Å². The van der Waals surface area contributed by atoms with Crippen LogP contribution in [0.15, 0.2) is 0 Å². The van der Waals surface area contributed by atoms with Gasteiger partial charge in [-0.25, -0.2) is 0 Å². The monoisotopic (exact) mass is 262 g/mol. The molecular weight excluding hydrogens is 236 g/mol. The molecule has 4 N–H and O–H groups in total. The number of hydrogen-bond donors (Lipinski definition) is 3. The molecule has 0 heterocycles. The van der Waals surface area contributed by atoms with Crippen LogP contribution in [0, 0.1) is 5.41 Å². The van der Waals surface area contributed by atoms with E-state index >= 15 is 0 Å². The summed E-state index contributed by atoms with van der Waals surface area (Å²) in [5, 5.41) is 12.2. The first-order valence-corrected chi connectivity index (χ1v) is 7.44. The zero-order chi connectivity index (χ0) is 13.5. The molecule has 0 aromatic heterocycles. The van der Waals surface area contributed by atoms with Crippen molar-refractivity contribution < 1.29 is 9.90 Å². The second-order valence-electron chi connectivity index (χ2n) is 4.41. The molecule has 0 radical (unpaired) electrons. The molecule has 0 aromatic carbocycles. The molecule has 1 amide bonds. The third kappa shape index (κ3) is 4.16. The number of aliphatic hydroxyl groups is 1. The zero-order valence-corrected chi connectivity index (χ0v) is 12.1. The summed E-state index contributed by atoms with van der Waals surface area (Å²) >= 11 is 1.56. The quantitative estimate of drug-likeness (QED) is 0.609. The van der Waals surface area contributed by atoms with Crippen molar-refractivity contribution in [3.63, 3.8) is 0 Å². The van der Waals surface area contributed by atoms with Crippen LogP contribution in [0.2, 0.25) is 0 Å². The maximum Gasteiger partial charge on any atom is 0.227 e. The van der Waals surface area contributed by atoms with E-state index in [0.717, 1.165) is 12.8 Å². The van der Waals surface area contributed by atoms with Gasteiger partial charge in [0.25, 0.3) is 0 Å². The van der Waals surface area contributed by atoms with Crippen LogP contribution in [0.25, 0.3) is 0 Å². The summed E-state index contributed by atoms with van der Waals surface area (Å²) in [6, 6.07) is -0.0495. The number of hydrogen-bond acceptors (Lipinski definition) is 4. The van der Waals surface area contributed by atoms with Crippen molar-refractivity contribution in [3.8, 4) is 0 Å². The van der Waals surface area contributed by atoms with Gasteiger partial charge in [-0.2, -0.15) is 11.8 Å². The number of amides is 1. The molecule has 2 unspecified atom stereocenters. The lowest BCUT2D eigenvalue weighted by atomic mass is 9.81. The lowest BCUT2D eigenvalue weighted by Crippen LogP contribution is -2.51. The van der Waals surface area contributed by atoms with E-state index in [9.17, 15) is 9.90 Å². The lowest BCUT2D eigenvalue weighted by Gasteiger charge is -2.31. The number of carbonyl (C=O) groups is 1. The molecule has 0 saturated heterocycles. The molecule has 0 rings (SSSR count). The van der Waals surface area contributed by atoms with E-state index < -0.39 is 5.41 Å². The molecular formula is C12H26N2O2S. The van der Waals surface area contributed by atoms with E-state index in [4.69, 9.17) is 5.73 Å². The molecule has 0 aromatic rings. The molecule has 102 valence electrons. The number of carbonyl (C=O) groups excluding carboxylic acids is 1. The van der Waals surface area contributed by atoms with Gasteiger partial charge in [0.05, 0.1) is 12.0 Å². The van der Waals surface area contributed by atoms with Crippen LogP contribution in [0.1, 0.15) is 33.6 Å². The summed E-state index contributed by atoms with van der Waals surface area (Å²) in [5.41, 5.74) is 5.27. The highest BCUT2D eigenvalue weighted by atomic mass is 32.2. The fourth-order valence-electron chi connectivity index (χ4n) is 1.84. The van der Waals surface area contributed by atoms with Crippen molar-refractivity contribution in [3.05, 3.63) is 0 Å². The Bertz CT molecular complexity index is 220. The molecule has 0 spiro atoms. The summed E-state index contributed by atoms with van der Waals surface area (Å²) < 4.78 is 0. The van der Waals surface area contributed by atoms with Crippen molar-refractivity contribution in [1.82, 2.24) is 5.32 Å². The summed E-state index contributed by atoms with van der Waals surface area (Å²) in [4.78, 5) is 12.2. The largest absolute Gasteiger partial charge is 0.395 e. The molecule has 0 saturated carbocycles. The second kappa shape index (κ2) is 7.95. The molecule has 4 nitrogen and oxygen atoms in total. The predicted octanol–water partition coefficient (Wildman–Crippen LogP) is 0.980. The minimum Gasteiger partial charge on any atom is -0.395 e. The smallest absolute Gasteiger partial charge is 0.227 e. The first-order valence-electron chi connectivity index (χ1n) is 6.16. The van der Waals surface area contributed by atoms with E-state index in [2.05, 4.69) is 5.32 Å². The SMILES string of the molecule is CCC(CC)(CN)C(=O)NC(C)C(CO)SC. The van der Waals surface area contributed by atoms with Gasteiger partial charge >= 0.3 is 0 Å². The number of thioether (sulfide) groups is 1. The van der Waals surface area contributed by atoms with Crippen molar-refractivity contribution in [2.75, 3.05) is 19.4 Å². The second-order valence-corrected chi connectivity index (χ2v) is 5.49. The van der Waals surface area contributed by atoms with Gasteiger partial charge in [0.2, 0.25) is 5.91 Å². The molecule has 2 atom stereocenters. The van der Waals surface area contributed by atoms with Gasteiger partial charge in [0.15, 0.2) is 0 Å². The van der Waals surface area contributed by atoms with Gasteiger partial charge < -0.3 is 16.2 Å². The van der Waals surface area contributed by atoms with Crippen LogP contribution < -0.4 is 11.1 Å². The molecule has 0 fully saturated rings. The van der Waals surface area contributed by atoms with E-state index in [1.807, 2.05) is 27.0 Å². The number of nitrogens with two attached hydrogens (primary N) is 1. The number of aliphatic hydroxyl groups excluding tert-OH is 1. The zero-order valence-electron chi connectivity index (χ0n) is 11.3. The van der Waals surface area contributed by atoms with Crippen molar-refractivity contribution in [2.24, 2.45) is 11.1 Å². The Labute approximate surface area is 109 Å². The van der Waals surface area contributed by atoms with Crippen molar-refractivity contribution in [2.45, 2.75) is 44.9 Å². The van der Waals surface area contributed by atoms with Gasteiger partial charge in [-0.05, 0) is 26.0 Å². The van der Waals surface area contributed by atoms with E-state index in [1.54, 1.807) is 11.8 Å². The van der Waals surface area contributed by atoms with E-state index in [-0.39, 0.29) is 23.8 Å². The van der Waals surface area contributed by atoms with Gasteiger partial charge in [0.1, 0.15) is 0 Å². The Kier molecular flexibility index (Phi) is 7.83. The van der Waals surface area contributed by atoms with Crippen molar-refractivity contribution in [1.29, 1.82) is 0 Å². The Hall–Kier alpha value is -0.260. The summed E-state index contributed by atoms with van der Waals surface area (Å²) in [7, 11) is 0. The molecule has 5 heteroatoms. The fourth-order valence-corrected chi connectivity index (χ4v) is 2.47. The van der Waals surface area contributed by atoms with Crippen LogP contribution in [-0.2, 0) is 4.79 Å². The van der Waals surface area contributed by atoms with Crippen LogP contribution in [0.4, 0.5) is 0 Å². The third-order valence-electron chi connectivity index (χ3n) is 3.63. The van der Waals surface area contributed by atoms with Crippen LogP contribution in [0.3, 0.4) is 0 Å². The first-order chi connectivity index (χ1) is 8.01. The molecule has 0 bridgehead atoms. The number of rotatable bonds is 8. The highest BCUT2D eigenvalue weighted by molar-refractivity contribution is 7.99. The molecule has 0 aliphatic rings. The normalized spacial score (nSPS) is 15.4. The maximum atomic E-state index is 12.2. The lowest BCUT2D eigenvalue weighted by molar-refractivity contribution is -0.131. The van der Waals surface area contributed by atoms with Gasteiger partial charge in [0, 0.05) is 17.8 Å². The highest BCUT2D eigenvalue weighted by Crippen LogP contribution is 2.25.